The lowest BCUT2D eigenvalue weighted by Crippen LogP contribution is -2.48. The zero-order chi connectivity index (χ0) is 14.1. The maximum atomic E-state index is 12.3. The van der Waals surface area contributed by atoms with Crippen molar-refractivity contribution in [1.82, 2.24) is 24.9 Å². The largest absolute Gasteiger partial charge is 0.343 e. The van der Waals surface area contributed by atoms with Crippen LogP contribution in [0.2, 0.25) is 0 Å². The highest BCUT2D eigenvalue weighted by atomic mass is 32.1. The SMILES string of the molecule is Cc1nnc(N2CCN(C(=O)c3cnn(C)c3)CC2)s1. The first kappa shape index (κ1) is 13.0. The number of carbonyl (C=O) groups excluding carboxylic acids is 1. The molecule has 0 bridgehead atoms. The number of hydrogen-bond acceptors (Lipinski definition) is 6. The third kappa shape index (κ3) is 2.51. The molecular formula is C12H16N6OS. The van der Waals surface area contributed by atoms with Crippen LogP contribution in [0.4, 0.5) is 5.13 Å². The van der Waals surface area contributed by atoms with E-state index in [9.17, 15) is 4.79 Å². The molecule has 0 unspecified atom stereocenters. The molecule has 106 valence electrons. The van der Waals surface area contributed by atoms with Gasteiger partial charge in [0.1, 0.15) is 5.01 Å². The van der Waals surface area contributed by atoms with Gasteiger partial charge in [-0.05, 0) is 6.92 Å². The van der Waals surface area contributed by atoms with E-state index in [0.29, 0.717) is 18.7 Å². The molecule has 1 aliphatic heterocycles. The van der Waals surface area contributed by atoms with Gasteiger partial charge in [0.05, 0.1) is 11.8 Å². The van der Waals surface area contributed by atoms with Gasteiger partial charge in [0.2, 0.25) is 5.13 Å². The van der Waals surface area contributed by atoms with Crippen molar-refractivity contribution >= 4 is 22.4 Å². The summed E-state index contributed by atoms with van der Waals surface area (Å²) in [6, 6.07) is 0. The molecular weight excluding hydrogens is 276 g/mol. The van der Waals surface area contributed by atoms with Crippen molar-refractivity contribution < 1.29 is 4.79 Å². The maximum absolute atomic E-state index is 12.3. The third-order valence-electron chi connectivity index (χ3n) is 3.30. The molecule has 8 heteroatoms. The minimum Gasteiger partial charge on any atom is -0.343 e. The van der Waals surface area contributed by atoms with Crippen LogP contribution in [-0.4, -0.2) is 57.0 Å². The first-order valence-electron chi connectivity index (χ1n) is 6.46. The number of amides is 1. The highest BCUT2D eigenvalue weighted by Gasteiger charge is 2.24. The number of aromatic nitrogens is 4. The van der Waals surface area contributed by atoms with Crippen LogP contribution in [-0.2, 0) is 7.05 Å². The average molecular weight is 292 g/mol. The summed E-state index contributed by atoms with van der Waals surface area (Å²) in [5.74, 6) is 0.0474. The van der Waals surface area contributed by atoms with E-state index in [1.165, 1.54) is 0 Å². The molecule has 0 atom stereocenters. The van der Waals surface area contributed by atoms with Crippen LogP contribution in [0.3, 0.4) is 0 Å². The predicted molar refractivity (Wildman–Crippen MR) is 76.0 cm³/mol. The van der Waals surface area contributed by atoms with Crippen LogP contribution in [0, 0.1) is 6.92 Å². The summed E-state index contributed by atoms with van der Waals surface area (Å²) in [5.41, 5.74) is 0.646. The maximum Gasteiger partial charge on any atom is 0.257 e. The Morgan fingerprint density at radius 3 is 2.55 bits per heavy atom. The number of hydrogen-bond donors (Lipinski definition) is 0. The Balaban J connectivity index is 1.62. The van der Waals surface area contributed by atoms with Gasteiger partial charge in [0, 0.05) is 39.4 Å². The van der Waals surface area contributed by atoms with Gasteiger partial charge in [-0.1, -0.05) is 11.3 Å². The monoisotopic (exact) mass is 292 g/mol. The average Bonchev–Trinajstić information content (AvgIpc) is 3.07. The third-order valence-corrected chi connectivity index (χ3v) is 4.20. The molecule has 1 amide bonds. The standard InChI is InChI=1S/C12H16N6OS/c1-9-14-15-12(20-9)18-5-3-17(4-6-18)11(19)10-7-13-16(2)8-10/h7-8H,3-6H2,1-2H3. The Kier molecular flexibility index (Phi) is 3.39. The second-order valence-corrected chi connectivity index (χ2v) is 5.95. The molecule has 0 saturated carbocycles. The summed E-state index contributed by atoms with van der Waals surface area (Å²) in [6.07, 6.45) is 3.37. The number of piperazine rings is 1. The molecule has 0 aromatic carbocycles. The fourth-order valence-corrected chi connectivity index (χ4v) is 2.97. The molecule has 20 heavy (non-hydrogen) atoms. The molecule has 1 saturated heterocycles. The first-order chi connectivity index (χ1) is 9.63. The predicted octanol–water partition coefficient (Wildman–Crippen LogP) is 0.542. The van der Waals surface area contributed by atoms with Crippen LogP contribution >= 0.6 is 11.3 Å². The quantitative estimate of drug-likeness (QED) is 0.808. The van der Waals surface area contributed by atoms with Crippen LogP contribution < -0.4 is 4.90 Å². The van der Waals surface area contributed by atoms with E-state index in [1.54, 1.807) is 28.4 Å². The summed E-state index contributed by atoms with van der Waals surface area (Å²) in [7, 11) is 1.81. The van der Waals surface area contributed by atoms with Crippen molar-refractivity contribution in [3.63, 3.8) is 0 Å². The Morgan fingerprint density at radius 2 is 2.00 bits per heavy atom. The molecule has 2 aromatic rings. The molecule has 3 rings (SSSR count). The Labute approximate surface area is 120 Å². The molecule has 0 spiro atoms. The highest BCUT2D eigenvalue weighted by molar-refractivity contribution is 7.15. The normalized spacial score (nSPS) is 15.7. The smallest absolute Gasteiger partial charge is 0.257 e. The fraction of sp³-hybridized carbons (Fsp3) is 0.500. The molecule has 2 aromatic heterocycles. The number of anilines is 1. The topological polar surface area (TPSA) is 67.2 Å². The molecule has 0 radical (unpaired) electrons. The van der Waals surface area contributed by atoms with Crippen LogP contribution in [0.1, 0.15) is 15.4 Å². The summed E-state index contributed by atoms with van der Waals surface area (Å²) >= 11 is 1.59. The van der Waals surface area contributed by atoms with Gasteiger partial charge < -0.3 is 9.80 Å². The zero-order valence-electron chi connectivity index (χ0n) is 11.5. The number of carbonyl (C=O) groups is 1. The van der Waals surface area contributed by atoms with Crippen LogP contribution in [0.15, 0.2) is 12.4 Å². The molecule has 3 heterocycles. The van der Waals surface area contributed by atoms with E-state index >= 15 is 0 Å². The lowest BCUT2D eigenvalue weighted by atomic mass is 10.2. The first-order valence-corrected chi connectivity index (χ1v) is 7.28. The van der Waals surface area contributed by atoms with Crippen molar-refractivity contribution in [2.24, 2.45) is 7.05 Å². The van der Waals surface area contributed by atoms with Crippen molar-refractivity contribution in [1.29, 1.82) is 0 Å². The van der Waals surface area contributed by atoms with Gasteiger partial charge in [0.25, 0.3) is 5.91 Å². The van der Waals surface area contributed by atoms with E-state index in [0.717, 1.165) is 23.2 Å². The Hall–Kier alpha value is -1.96. The van der Waals surface area contributed by atoms with Gasteiger partial charge in [-0.15, -0.1) is 10.2 Å². The summed E-state index contributed by atoms with van der Waals surface area (Å²) in [4.78, 5) is 16.3. The van der Waals surface area contributed by atoms with E-state index in [-0.39, 0.29) is 5.91 Å². The van der Waals surface area contributed by atoms with Gasteiger partial charge in [-0.3, -0.25) is 9.48 Å². The Bertz CT molecular complexity index is 613. The number of nitrogens with zero attached hydrogens (tertiary/aromatic N) is 6. The van der Waals surface area contributed by atoms with Crippen molar-refractivity contribution in [2.75, 3.05) is 31.1 Å². The highest BCUT2D eigenvalue weighted by Crippen LogP contribution is 2.21. The second-order valence-electron chi connectivity index (χ2n) is 4.79. The molecule has 1 fully saturated rings. The minimum atomic E-state index is 0.0474. The van der Waals surface area contributed by atoms with E-state index < -0.39 is 0 Å². The Morgan fingerprint density at radius 1 is 1.25 bits per heavy atom. The fourth-order valence-electron chi connectivity index (χ4n) is 2.23. The van der Waals surface area contributed by atoms with E-state index in [1.807, 2.05) is 18.9 Å². The van der Waals surface area contributed by atoms with Crippen LogP contribution in [0.25, 0.3) is 0 Å². The molecule has 7 nitrogen and oxygen atoms in total. The summed E-state index contributed by atoms with van der Waals surface area (Å²) < 4.78 is 1.65. The van der Waals surface area contributed by atoms with Crippen LogP contribution in [0.5, 0.6) is 0 Å². The number of rotatable bonds is 2. The van der Waals surface area contributed by atoms with Crippen molar-refractivity contribution in [3.05, 3.63) is 23.0 Å². The zero-order valence-corrected chi connectivity index (χ0v) is 12.3. The van der Waals surface area contributed by atoms with Crippen molar-refractivity contribution in [2.45, 2.75) is 6.92 Å². The summed E-state index contributed by atoms with van der Waals surface area (Å²) in [5, 5.41) is 14.1. The summed E-state index contributed by atoms with van der Waals surface area (Å²) in [6.45, 7) is 4.93. The second kappa shape index (κ2) is 5.20. The molecule has 1 aliphatic rings. The molecule has 0 N–H and O–H groups in total. The van der Waals surface area contributed by atoms with Gasteiger partial charge >= 0.3 is 0 Å². The molecule has 0 aliphatic carbocycles. The minimum absolute atomic E-state index is 0.0474. The lowest BCUT2D eigenvalue weighted by molar-refractivity contribution is 0.0746. The van der Waals surface area contributed by atoms with Gasteiger partial charge in [-0.25, -0.2) is 0 Å². The van der Waals surface area contributed by atoms with Crippen molar-refractivity contribution in [3.8, 4) is 0 Å². The lowest BCUT2D eigenvalue weighted by Gasteiger charge is -2.34. The van der Waals surface area contributed by atoms with E-state index in [2.05, 4.69) is 20.2 Å². The van der Waals surface area contributed by atoms with E-state index in [4.69, 9.17) is 0 Å². The van der Waals surface area contributed by atoms with Gasteiger partial charge in [-0.2, -0.15) is 5.10 Å². The van der Waals surface area contributed by atoms with Gasteiger partial charge in [0.15, 0.2) is 0 Å². The number of aryl methyl sites for hydroxylation is 2.